The summed E-state index contributed by atoms with van der Waals surface area (Å²) in [6, 6.07) is 10.8. The van der Waals surface area contributed by atoms with E-state index in [0.717, 1.165) is 31.4 Å². The average molecular weight is 449 g/mol. The number of nitrogens with one attached hydrogen (secondary N) is 2. The van der Waals surface area contributed by atoms with Crippen LogP contribution in [-0.4, -0.2) is 27.5 Å². The molecule has 8 heteroatoms. The highest BCUT2D eigenvalue weighted by atomic mass is 32.2. The molecule has 0 aromatic heterocycles. The Morgan fingerprint density at radius 2 is 1.74 bits per heavy atom. The third-order valence-electron chi connectivity index (χ3n) is 5.79. The number of ether oxygens (including phenoxy) is 1. The first kappa shape index (κ1) is 23.2. The lowest BCUT2D eigenvalue weighted by atomic mass is 9.86. The van der Waals surface area contributed by atoms with Crippen LogP contribution >= 0.6 is 0 Å². The Balaban J connectivity index is 1.80. The lowest BCUT2D eigenvalue weighted by molar-refractivity contribution is -0.122. The smallest absolute Gasteiger partial charge is 0.241 e. The number of hydrogen-bond donors (Lipinski definition) is 2. The Morgan fingerprint density at radius 1 is 1.10 bits per heavy atom. The van der Waals surface area contributed by atoms with Gasteiger partial charge in [-0.3, -0.25) is 4.79 Å². The molecule has 1 aliphatic carbocycles. The van der Waals surface area contributed by atoms with E-state index in [-0.39, 0.29) is 23.3 Å². The quantitative estimate of drug-likeness (QED) is 0.641. The molecule has 0 saturated heterocycles. The van der Waals surface area contributed by atoms with Gasteiger partial charge in [0.25, 0.3) is 0 Å². The zero-order chi connectivity index (χ0) is 22.4. The van der Waals surface area contributed by atoms with E-state index >= 15 is 0 Å². The van der Waals surface area contributed by atoms with Crippen LogP contribution in [0.4, 0.5) is 4.39 Å². The molecule has 6 nitrogen and oxygen atoms in total. The van der Waals surface area contributed by atoms with Crippen molar-refractivity contribution in [1.29, 1.82) is 0 Å². The van der Waals surface area contributed by atoms with E-state index in [1.807, 2.05) is 0 Å². The van der Waals surface area contributed by atoms with E-state index < -0.39 is 21.9 Å². The predicted octanol–water partition coefficient (Wildman–Crippen LogP) is 3.94. The highest BCUT2D eigenvalue weighted by Crippen LogP contribution is 2.26. The summed E-state index contributed by atoms with van der Waals surface area (Å²) in [6.45, 7) is 2.13. The molecular weight excluding hydrogens is 419 g/mol. The van der Waals surface area contributed by atoms with Crippen molar-refractivity contribution in [3.8, 4) is 5.75 Å². The van der Waals surface area contributed by atoms with Crippen LogP contribution in [0.3, 0.4) is 0 Å². The summed E-state index contributed by atoms with van der Waals surface area (Å²) in [5.74, 6) is 0.297. The van der Waals surface area contributed by atoms with Gasteiger partial charge in [0.15, 0.2) is 0 Å². The van der Waals surface area contributed by atoms with E-state index in [4.69, 9.17) is 4.74 Å². The second-order valence-electron chi connectivity index (χ2n) is 8.04. The largest absolute Gasteiger partial charge is 0.497 e. The van der Waals surface area contributed by atoms with Gasteiger partial charge >= 0.3 is 0 Å². The Kier molecular flexibility index (Phi) is 7.67. The van der Waals surface area contributed by atoms with Crippen LogP contribution in [0.2, 0.25) is 0 Å². The van der Waals surface area contributed by atoms with Crippen LogP contribution in [0.15, 0.2) is 53.4 Å². The second-order valence-corrected chi connectivity index (χ2v) is 9.75. The molecule has 1 saturated carbocycles. The molecule has 0 aliphatic heterocycles. The van der Waals surface area contributed by atoms with Crippen molar-refractivity contribution < 1.29 is 22.3 Å². The third kappa shape index (κ3) is 6.27. The fourth-order valence-electron chi connectivity index (χ4n) is 3.91. The molecule has 0 heterocycles. The zero-order valence-electron chi connectivity index (χ0n) is 17.8. The van der Waals surface area contributed by atoms with Gasteiger partial charge in [-0.05, 0) is 60.7 Å². The number of carbonyl (C=O) groups is 1. The van der Waals surface area contributed by atoms with Gasteiger partial charge < -0.3 is 10.1 Å². The van der Waals surface area contributed by atoms with E-state index in [9.17, 15) is 17.6 Å². The lowest BCUT2D eigenvalue weighted by Gasteiger charge is -2.30. The first-order valence-electron chi connectivity index (χ1n) is 10.5. The van der Waals surface area contributed by atoms with Crippen molar-refractivity contribution in [2.24, 2.45) is 5.92 Å². The molecule has 3 rings (SSSR count). The molecule has 0 spiro atoms. The number of halogens is 1. The number of methoxy groups -OCH3 is 1. The molecule has 1 aliphatic rings. The lowest BCUT2D eigenvalue weighted by Crippen LogP contribution is -2.42. The van der Waals surface area contributed by atoms with Gasteiger partial charge in [0.1, 0.15) is 11.6 Å². The number of amides is 1. The molecule has 1 amide bonds. The van der Waals surface area contributed by atoms with Gasteiger partial charge in [0.05, 0.1) is 18.0 Å². The Hall–Kier alpha value is -2.45. The maximum absolute atomic E-state index is 13.2. The topological polar surface area (TPSA) is 84.5 Å². The van der Waals surface area contributed by atoms with Crippen molar-refractivity contribution in [2.75, 3.05) is 7.11 Å². The molecule has 2 aromatic carbocycles. The molecule has 3 unspecified atom stereocenters. The monoisotopic (exact) mass is 448 g/mol. The molecule has 31 heavy (non-hydrogen) atoms. The van der Waals surface area contributed by atoms with Gasteiger partial charge in [-0.15, -0.1) is 0 Å². The highest BCUT2D eigenvalue weighted by molar-refractivity contribution is 7.89. The minimum atomic E-state index is -3.96. The van der Waals surface area contributed by atoms with Crippen LogP contribution in [-0.2, 0) is 14.8 Å². The second kappa shape index (κ2) is 10.2. The molecule has 0 bridgehead atoms. The Bertz CT molecular complexity index is 978. The molecule has 2 aromatic rings. The van der Waals surface area contributed by atoms with E-state index in [1.165, 1.54) is 18.6 Å². The third-order valence-corrected chi connectivity index (χ3v) is 7.27. The fourth-order valence-corrected chi connectivity index (χ4v) is 5.14. The number of hydrogen-bond acceptors (Lipinski definition) is 4. The van der Waals surface area contributed by atoms with Crippen molar-refractivity contribution >= 4 is 15.9 Å². The highest BCUT2D eigenvalue weighted by Gasteiger charge is 2.27. The maximum Gasteiger partial charge on any atom is 0.241 e. The van der Waals surface area contributed by atoms with Gasteiger partial charge in [-0.2, -0.15) is 0 Å². The zero-order valence-corrected chi connectivity index (χ0v) is 18.6. The van der Waals surface area contributed by atoms with Crippen LogP contribution in [0, 0.1) is 11.7 Å². The normalized spacial score (nSPS) is 20.1. The van der Waals surface area contributed by atoms with Crippen LogP contribution in [0.25, 0.3) is 0 Å². The minimum absolute atomic E-state index is 0.0457. The van der Waals surface area contributed by atoms with Gasteiger partial charge in [0.2, 0.25) is 15.9 Å². The van der Waals surface area contributed by atoms with E-state index in [2.05, 4.69) is 17.0 Å². The standard InChI is InChI=1S/C23H29FN2O4S/c1-16-5-3-4-6-21(16)25-23(27)15-22(17-7-11-19(30-2)12-8-17)26-31(28,29)20-13-9-18(24)10-14-20/h7-14,16,21-22,26H,3-6,15H2,1-2H3,(H,25,27). The summed E-state index contributed by atoms with van der Waals surface area (Å²) in [6.07, 6.45) is 4.20. The fraction of sp³-hybridized carbons (Fsp3) is 0.435. The summed E-state index contributed by atoms with van der Waals surface area (Å²) < 4.78 is 46.8. The van der Waals surface area contributed by atoms with Gasteiger partial charge in [0, 0.05) is 12.5 Å². The number of rotatable bonds is 8. The molecular formula is C23H29FN2O4S. The SMILES string of the molecule is COc1ccc(C(CC(=O)NC2CCCCC2C)NS(=O)(=O)c2ccc(F)cc2)cc1. The summed E-state index contributed by atoms with van der Waals surface area (Å²) in [5.41, 5.74) is 0.637. The van der Waals surface area contributed by atoms with Gasteiger partial charge in [-0.1, -0.05) is 31.9 Å². The molecule has 1 fully saturated rings. The van der Waals surface area contributed by atoms with Crippen molar-refractivity contribution in [3.05, 3.63) is 59.9 Å². The predicted molar refractivity (Wildman–Crippen MR) is 117 cm³/mol. The molecule has 3 atom stereocenters. The van der Waals surface area contributed by atoms with Crippen molar-refractivity contribution in [2.45, 2.75) is 56.0 Å². The number of benzene rings is 2. The van der Waals surface area contributed by atoms with E-state index in [0.29, 0.717) is 17.2 Å². The minimum Gasteiger partial charge on any atom is -0.497 e. The maximum atomic E-state index is 13.2. The number of sulfonamides is 1. The average Bonchev–Trinajstić information content (AvgIpc) is 2.75. The first-order chi connectivity index (χ1) is 14.8. The summed E-state index contributed by atoms with van der Waals surface area (Å²) >= 11 is 0. The molecule has 2 N–H and O–H groups in total. The number of carbonyl (C=O) groups excluding carboxylic acids is 1. The van der Waals surface area contributed by atoms with Crippen LogP contribution < -0.4 is 14.8 Å². The molecule has 168 valence electrons. The van der Waals surface area contributed by atoms with Crippen LogP contribution in [0.1, 0.15) is 50.6 Å². The Labute approximate surface area is 183 Å². The molecule has 0 radical (unpaired) electrons. The summed E-state index contributed by atoms with van der Waals surface area (Å²) in [5, 5.41) is 3.08. The summed E-state index contributed by atoms with van der Waals surface area (Å²) in [4.78, 5) is 12.7. The van der Waals surface area contributed by atoms with Crippen LogP contribution in [0.5, 0.6) is 5.75 Å². The first-order valence-corrected chi connectivity index (χ1v) is 12.0. The van der Waals surface area contributed by atoms with Crippen molar-refractivity contribution in [1.82, 2.24) is 10.0 Å². The van der Waals surface area contributed by atoms with E-state index in [1.54, 1.807) is 31.4 Å². The van der Waals surface area contributed by atoms with Gasteiger partial charge in [-0.25, -0.2) is 17.5 Å². The van der Waals surface area contributed by atoms with Crippen molar-refractivity contribution in [3.63, 3.8) is 0 Å². The summed E-state index contributed by atoms with van der Waals surface area (Å²) in [7, 11) is -2.41. The Morgan fingerprint density at radius 3 is 2.35 bits per heavy atom.